The Balaban J connectivity index is 1.67. The van der Waals surface area contributed by atoms with Crippen LogP contribution in [0, 0.1) is 0 Å². The van der Waals surface area contributed by atoms with Gasteiger partial charge >= 0.3 is 0 Å². The van der Waals surface area contributed by atoms with Crippen LogP contribution < -0.4 is 5.32 Å². The van der Waals surface area contributed by atoms with Crippen molar-refractivity contribution in [2.75, 3.05) is 39.3 Å². The Morgan fingerprint density at radius 2 is 1.94 bits per heavy atom. The Bertz CT molecular complexity index is 309. The third-order valence-corrected chi connectivity index (χ3v) is 3.25. The number of rotatable bonds is 5. The smallest absolute Gasteiger partial charge is 0.0797 e. The standard InChI is InChI=1S/C14H22N2O/c1-13(14-5-3-2-4-6-14)17-12-11-16-9-7-15-8-10-16/h2-6,13,15H,7-12H2,1H3. The van der Waals surface area contributed by atoms with E-state index >= 15 is 0 Å². The summed E-state index contributed by atoms with van der Waals surface area (Å²) in [7, 11) is 0. The highest BCUT2D eigenvalue weighted by molar-refractivity contribution is 5.16. The van der Waals surface area contributed by atoms with E-state index in [4.69, 9.17) is 4.74 Å². The topological polar surface area (TPSA) is 24.5 Å². The molecule has 0 aliphatic carbocycles. The Kier molecular flexibility index (Phi) is 4.98. The molecule has 1 aromatic carbocycles. The van der Waals surface area contributed by atoms with Gasteiger partial charge in [0.15, 0.2) is 0 Å². The summed E-state index contributed by atoms with van der Waals surface area (Å²) >= 11 is 0. The van der Waals surface area contributed by atoms with Gasteiger partial charge in [0.25, 0.3) is 0 Å². The molecule has 94 valence electrons. The van der Waals surface area contributed by atoms with Crippen LogP contribution in [0.5, 0.6) is 0 Å². The van der Waals surface area contributed by atoms with Gasteiger partial charge in [-0.2, -0.15) is 0 Å². The van der Waals surface area contributed by atoms with Crippen molar-refractivity contribution in [3.8, 4) is 0 Å². The predicted octanol–water partition coefficient (Wildman–Crippen LogP) is 1.67. The fourth-order valence-corrected chi connectivity index (χ4v) is 2.11. The van der Waals surface area contributed by atoms with Crippen molar-refractivity contribution in [1.82, 2.24) is 10.2 Å². The second-order valence-corrected chi connectivity index (χ2v) is 4.52. The van der Waals surface area contributed by atoms with Crippen LogP contribution in [0.25, 0.3) is 0 Å². The van der Waals surface area contributed by atoms with Crippen molar-refractivity contribution in [2.45, 2.75) is 13.0 Å². The molecule has 1 heterocycles. The molecule has 0 bridgehead atoms. The van der Waals surface area contributed by atoms with E-state index in [0.29, 0.717) is 0 Å². The van der Waals surface area contributed by atoms with E-state index in [1.165, 1.54) is 5.56 Å². The van der Waals surface area contributed by atoms with Gasteiger partial charge in [-0.25, -0.2) is 0 Å². The molecule has 1 aliphatic heterocycles. The first kappa shape index (κ1) is 12.6. The Morgan fingerprint density at radius 3 is 2.65 bits per heavy atom. The third kappa shape index (κ3) is 4.11. The number of piperazine rings is 1. The van der Waals surface area contributed by atoms with Crippen LogP contribution in [0.2, 0.25) is 0 Å². The molecule has 0 radical (unpaired) electrons. The van der Waals surface area contributed by atoms with Crippen LogP contribution in [-0.2, 0) is 4.74 Å². The first-order valence-electron chi connectivity index (χ1n) is 6.46. The van der Waals surface area contributed by atoms with E-state index in [9.17, 15) is 0 Å². The van der Waals surface area contributed by atoms with E-state index in [1.54, 1.807) is 0 Å². The fraction of sp³-hybridized carbons (Fsp3) is 0.571. The van der Waals surface area contributed by atoms with E-state index in [0.717, 1.165) is 39.3 Å². The van der Waals surface area contributed by atoms with Gasteiger partial charge in [0.05, 0.1) is 12.7 Å². The van der Waals surface area contributed by atoms with Gasteiger partial charge in [0.1, 0.15) is 0 Å². The van der Waals surface area contributed by atoms with Crippen molar-refractivity contribution in [3.63, 3.8) is 0 Å². The average Bonchev–Trinajstić information content (AvgIpc) is 2.41. The molecular weight excluding hydrogens is 212 g/mol. The molecule has 17 heavy (non-hydrogen) atoms. The lowest BCUT2D eigenvalue weighted by molar-refractivity contribution is 0.0455. The van der Waals surface area contributed by atoms with Gasteiger partial charge in [-0.1, -0.05) is 30.3 Å². The maximum atomic E-state index is 5.87. The average molecular weight is 234 g/mol. The van der Waals surface area contributed by atoms with E-state index in [2.05, 4.69) is 41.4 Å². The predicted molar refractivity (Wildman–Crippen MR) is 70.1 cm³/mol. The lowest BCUT2D eigenvalue weighted by Gasteiger charge is -2.27. The Hall–Kier alpha value is -0.900. The Morgan fingerprint density at radius 1 is 1.24 bits per heavy atom. The zero-order chi connectivity index (χ0) is 11.9. The lowest BCUT2D eigenvalue weighted by Crippen LogP contribution is -2.44. The minimum Gasteiger partial charge on any atom is -0.372 e. The zero-order valence-electron chi connectivity index (χ0n) is 10.6. The van der Waals surface area contributed by atoms with Gasteiger partial charge in [-0.05, 0) is 12.5 Å². The largest absolute Gasteiger partial charge is 0.372 e. The van der Waals surface area contributed by atoms with Crippen LogP contribution >= 0.6 is 0 Å². The summed E-state index contributed by atoms with van der Waals surface area (Å²) in [6.07, 6.45) is 0.194. The molecule has 0 amide bonds. The van der Waals surface area contributed by atoms with E-state index in [1.807, 2.05) is 6.07 Å². The highest BCUT2D eigenvalue weighted by Gasteiger charge is 2.10. The van der Waals surface area contributed by atoms with Crippen LogP contribution in [0.15, 0.2) is 30.3 Å². The number of hydrogen-bond acceptors (Lipinski definition) is 3. The van der Waals surface area contributed by atoms with Crippen molar-refractivity contribution in [2.24, 2.45) is 0 Å². The summed E-state index contributed by atoms with van der Waals surface area (Å²) in [5.41, 5.74) is 1.26. The highest BCUT2D eigenvalue weighted by atomic mass is 16.5. The summed E-state index contributed by atoms with van der Waals surface area (Å²) in [5.74, 6) is 0. The van der Waals surface area contributed by atoms with Crippen LogP contribution in [0.3, 0.4) is 0 Å². The fourth-order valence-electron chi connectivity index (χ4n) is 2.11. The summed E-state index contributed by atoms with van der Waals surface area (Å²) in [4.78, 5) is 2.45. The van der Waals surface area contributed by atoms with Gasteiger partial charge in [0.2, 0.25) is 0 Å². The van der Waals surface area contributed by atoms with Gasteiger partial charge in [-0.15, -0.1) is 0 Å². The molecule has 3 heteroatoms. The van der Waals surface area contributed by atoms with Crippen molar-refractivity contribution >= 4 is 0 Å². The van der Waals surface area contributed by atoms with Crippen LogP contribution in [0.1, 0.15) is 18.6 Å². The number of nitrogens with zero attached hydrogens (tertiary/aromatic N) is 1. The molecular formula is C14H22N2O. The summed E-state index contributed by atoms with van der Waals surface area (Å²) in [6.45, 7) is 8.47. The normalized spacial score (nSPS) is 19.1. The summed E-state index contributed by atoms with van der Waals surface area (Å²) < 4.78 is 5.87. The molecule has 1 saturated heterocycles. The molecule has 1 fully saturated rings. The number of ether oxygens (including phenoxy) is 1. The number of nitrogens with one attached hydrogen (secondary N) is 1. The van der Waals surface area contributed by atoms with Crippen LogP contribution in [-0.4, -0.2) is 44.2 Å². The summed E-state index contributed by atoms with van der Waals surface area (Å²) in [5, 5.41) is 3.36. The number of benzene rings is 1. The van der Waals surface area contributed by atoms with Gasteiger partial charge in [0, 0.05) is 32.7 Å². The molecule has 1 aromatic rings. The zero-order valence-corrected chi connectivity index (χ0v) is 10.6. The second kappa shape index (κ2) is 6.74. The van der Waals surface area contributed by atoms with Gasteiger partial charge in [-0.3, -0.25) is 4.90 Å². The van der Waals surface area contributed by atoms with Crippen LogP contribution in [0.4, 0.5) is 0 Å². The highest BCUT2D eigenvalue weighted by Crippen LogP contribution is 2.15. The molecule has 1 unspecified atom stereocenters. The third-order valence-electron chi connectivity index (χ3n) is 3.25. The molecule has 0 aromatic heterocycles. The van der Waals surface area contributed by atoms with Gasteiger partial charge < -0.3 is 10.1 Å². The first-order valence-corrected chi connectivity index (χ1v) is 6.46. The van der Waals surface area contributed by atoms with Crippen molar-refractivity contribution in [3.05, 3.63) is 35.9 Å². The molecule has 1 aliphatic rings. The molecule has 0 spiro atoms. The van der Waals surface area contributed by atoms with Crippen molar-refractivity contribution < 1.29 is 4.74 Å². The molecule has 1 N–H and O–H groups in total. The molecule has 1 atom stereocenters. The minimum absolute atomic E-state index is 0.194. The quantitative estimate of drug-likeness (QED) is 0.838. The SMILES string of the molecule is CC(OCCN1CCNCC1)c1ccccc1. The second-order valence-electron chi connectivity index (χ2n) is 4.52. The van der Waals surface area contributed by atoms with E-state index in [-0.39, 0.29) is 6.10 Å². The van der Waals surface area contributed by atoms with Crippen molar-refractivity contribution in [1.29, 1.82) is 0 Å². The number of hydrogen-bond donors (Lipinski definition) is 1. The maximum absolute atomic E-state index is 5.87. The Labute approximate surface area is 104 Å². The molecule has 3 nitrogen and oxygen atoms in total. The molecule has 2 rings (SSSR count). The minimum atomic E-state index is 0.194. The maximum Gasteiger partial charge on any atom is 0.0797 e. The lowest BCUT2D eigenvalue weighted by atomic mass is 10.1. The monoisotopic (exact) mass is 234 g/mol. The van der Waals surface area contributed by atoms with E-state index < -0.39 is 0 Å². The summed E-state index contributed by atoms with van der Waals surface area (Å²) in [6, 6.07) is 10.4. The molecule has 0 saturated carbocycles. The first-order chi connectivity index (χ1) is 8.36.